The van der Waals surface area contributed by atoms with Gasteiger partial charge in [-0.3, -0.25) is 24.8 Å². The number of nitrogens with one attached hydrogen (secondary N) is 2. The summed E-state index contributed by atoms with van der Waals surface area (Å²) < 4.78 is 0. The van der Waals surface area contributed by atoms with E-state index in [1.807, 2.05) is 0 Å². The molecule has 2 N–H and O–H groups in total. The number of carbonyl (C=O) groups excluding carboxylic acids is 2. The van der Waals surface area contributed by atoms with Crippen LogP contribution in [0.2, 0.25) is 0 Å². The molecule has 0 unspecified atom stereocenters. The van der Waals surface area contributed by atoms with Crippen molar-refractivity contribution >= 4 is 17.6 Å². The van der Waals surface area contributed by atoms with Crippen molar-refractivity contribution < 1.29 is 9.59 Å². The molecule has 0 saturated carbocycles. The molecule has 0 aromatic carbocycles. The van der Waals surface area contributed by atoms with Gasteiger partial charge in [0.15, 0.2) is 0 Å². The first-order valence-electron chi connectivity index (χ1n) is 6.01. The summed E-state index contributed by atoms with van der Waals surface area (Å²) in [6.45, 7) is 4.14. The lowest BCUT2D eigenvalue weighted by Gasteiger charge is -2.39. The Morgan fingerprint density at radius 2 is 2.11 bits per heavy atom. The molecule has 2 rings (SSSR count). The maximum absolute atomic E-state index is 11.8. The Kier molecular flexibility index (Phi) is 3.48. The third-order valence-corrected chi connectivity index (χ3v) is 3.25. The Balaban J connectivity index is 2.15. The van der Waals surface area contributed by atoms with Gasteiger partial charge in [-0.2, -0.15) is 0 Å². The number of nitrogens with zero attached hydrogens (tertiary/aromatic N) is 3. The minimum absolute atomic E-state index is 0.175. The zero-order valence-electron chi connectivity index (χ0n) is 11.2. The Morgan fingerprint density at radius 1 is 1.37 bits per heavy atom. The van der Waals surface area contributed by atoms with Gasteiger partial charge in [0.2, 0.25) is 11.8 Å². The van der Waals surface area contributed by atoms with Crippen LogP contribution in [0.15, 0.2) is 12.4 Å². The molecule has 1 saturated heterocycles. The van der Waals surface area contributed by atoms with Crippen LogP contribution in [-0.4, -0.2) is 45.8 Å². The van der Waals surface area contributed by atoms with Crippen molar-refractivity contribution in [3.05, 3.63) is 18.1 Å². The highest BCUT2D eigenvalue weighted by molar-refractivity contribution is 6.02. The second-order valence-corrected chi connectivity index (χ2v) is 4.94. The molecule has 1 aliphatic rings. The predicted molar refractivity (Wildman–Crippen MR) is 69.2 cm³/mol. The van der Waals surface area contributed by atoms with E-state index < -0.39 is 5.54 Å². The van der Waals surface area contributed by atoms with Crippen LogP contribution in [0.3, 0.4) is 0 Å². The van der Waals surface area contributed by atoms with E-state index >= 15 is 0 Å². The maximum atomic E-state index is 11.8. The lowest BCUT2D eigenvalue weighted by atomic mass is 9.98. The maximum Gasteiger partial charge on any atom is 0.246 e. The summed E-state index contributed by atoms with van der Waals surface area (Å²) in [5, 5.41) is 5.22. The second kappa shape index (κ2) is 4.93. The molecule has 2 heterocycles. The van der Waals surface area contributed by atoms with Gasteiger partial charge in [0.1, 0.15) is 5.82 Å². The van der Waals surface area contributed by atoms with Crippen LogP contribution in [0.4, 0.5) is 5.82 Å². The number of carbonyl (C=O) groups is 2. The van der Waals surface area contributed by atoms with Gasteiger partial charge >= 0.3 is 0 Å². The van der Waals surface area contributed by atoms with Crippen molar-refractivity contribution in [2.75, 3.05) is 18.9 Å². The number of aromatic nitrogens is 2. The van der Waals surface area contributed by atoms with Crippen molar-refractivity contribution in [3.63, 3.8) is 0 Å². The lowest BCUT2D eigenvalue weighted by Crippen LogP contribution is -2.63. The predicted octanol–water partition coefficient (Wildman–Crippen LogP) is -0.245. The first-order valence-corrected chi connectivity index (χ1v) is 6.01. The molecule has 0 spiro atoms. The smallest absolute Gasteiger partial charge is 0.246 e. The average molecular weight is 263 g/mol. The average Bonchev–Trinajstić information content (AvgIpc) is 2.37. The van der Waals surface area contributed by atoms with Crippen LogP contribution < -0.4 is 10.6 Å². The van der Waals surface area contributed by atoms with Crippen molar-refractivity contribution in [1.82, 2.24) is 20.2 Å². The molecule has 1 aromatic heterocycles. The molecule has 7 nitrogen and oxygen atoms in total. The Morgan fingerprint density at radius 3 is 2.68 bits per heavy atom. The van der Waals surface area contributed by atoms with E-state index in [4.69, 9.17) is 0 Å². The Labute approximate surface area is 111 Å². The number of hydrogen-bond donors (Lipinski definition) is 2. The highest BCUT2D eigenvalue weighted by Gasteiger charge is 2.40. The van der Waals surface area contributed by atoms with Crippen LogP contribution in [0.25, 0.3) is 0 Å². The van der Waals surface area contributed by atoms with Gasteiger partial charge < -0.3 is 5.32 Å². The van der Waals surface area contributed by atoms with Crippen molar-refractivity contribution in [2.45, 2.75) is 25.9 Å². The number of imide groups is 1. The zero-order valence-corrected chi connectivity index (χ0v) is 11.2. The van der Waals surface area contributed by atoms with E-state index in [1.54, 1.807) is 38.2 Å². The van der Waals surface area contributed by atoms with E-state index in [1.165, 1.54) is 0 Å². The van der Waals surface area contributed by atoms with E-state index in [0.717, 1.165) is 5.69 Å². The fourth-order valence-electron chi connectivity index (χ4n) is 1.85. The van der Waals surface area contributed by atoms with Gasteiger partial charge in [0.05, 0.1) is 30.2 Å². The Hall–Kier alpha value is -2.02. The van der Waals surface area contributed by atoms with Crippen LogP contribution in [0.1, 0.15) is 19.5 Å². The van der Waals surface area contributed by atoms with Crippen LogP contribution >= 0.6 is 0 Å². The van der Waals surface area contributed by atoms with Gasteiger partial charge in [-0.15, -0.1) is 0 Å². The van der Waals surface area contributed by atoms with Gasteiger partial charge in [-0.05, 0) is 13.8 Å². The first-order chi connectivity index (χ1) is 8.93. The molecule has 1 aliphatic heterocycles. The standard InChI is InChI=1S/C12H17N5O2/c1-12(2)11(19)16-10(18)7-17(12)6-8-4-15-9(13-3)5-14-8/h4-5H,6-7H2,1-3H3,(H,13,15)(H,16,18,19). The normalized spacial score (nSPS) is 19.1. The summed E-state index contributed by atoms with van der Waals surface area (Å²) in [5.41, 5.74) is -0.0216. The molecule has 0 bridgehead atoms. The molecule has 19 heavy (non-hydrogen) atoms. The van der Waals surface area contributed by atoms with Crippen molar-refractivity contribution in [3.8, 4) is 0 Å². The minimum Gasteiger partial charge on any atom is -0.372 e. The number of amides is 2. The fourth-order valence-corrected chi connectivity index (χ4v) is 1.85. The third kappa shape index (κ3) is 2.70. The number of hydrogen-bond acceptors (Lipinski definition) is 6. The first kappa shape index (κ1) is 13.4. The highest BCUT2D eigenvalue weighted by atomic mass is 16.2. The molecular weight excluding hydrogens is 246 g/mol. The quantitative estimate of drug-likeness (QED) is 0.732. The van der Waals surface area contributed by atoms with E-state index in [0.29, 0.717) is 12.4 Å². The van der Waals surface area contributed by atoms with E-state index in [-0.39, 0.29) is 18.4 Å². The fraction of sp³-hybridized carbons (Fsp3) is 0.500. The summed E-state index contributed by atoms with van der Waals surface area (Å²) in [6, 6.07) is 0. The minimum atomic E-state index is -0.739. The summed E-state index contributed by atoms with van der Waals surface area (Å²) >= 11 is 0. The van der Waals surface area contributed by atoms with Crippen LogP contribution in [0, 0.1) is 0 Å². The summed E-state index contributed by atoms with van der Waals surface area (Å²) in [7, 11) is 1.76. The van der Waals surface area contributed by atoms with Crippen molar-refractivity contribution in [2.24, 2.45) is 0 Å². The zero-order chi connectivity index (χ0) is 14.0. The molecule has 0 aliphatic carbocycles. The number of anilines is 1. The van der Waals surface area contributed by atoms with Crippen molar-refractivity contribution in [1.29, 1.82) is 0 Å². The van der Waals surface area contributed by atoms with E-state index in [2.05, 4.69) is 20.6 Å². The third-order valence-electron chi connectivity index (χ3n) is 3.25. The second-order valence-electron chi connectivity index (χ2n) is 4.94. The lowest BCUT2D eigenvalue weighted by molar-refractivity contribution is -0.145. The molecule has 0 atom stereocenters. The number of rotatable bonds is 3. The molecular formula is C12H17N5O2. The molecule has 2 amide bonds. The van der Waals surface area contributed by atoms with Gasteiger partial charge in [-0.1, -0.05) is 0 Å². The molecule has 7 heteroatoms. The largest absolute Gasteiger partial charge is 0.372 e. The van der Waals surface area contributed by atoms with Gasteiger partial charge in [0, 0.05) is 13.6 Å². The molecule has 0 radical (unpaired) electrons. The molecule has 1 aromatic rings. The topological polar surface area (TPSA) is 87.2 Å². The molecule has 1 fully saturated rings. The monoisotopic (exact) mass is 263 g/mol. The summed E-state index contributed by atoms with van der Waals surface area (Å²) in [5.74, 6) is 0.100. The highest BCUT2D eigenvalue weighted by Crippen LogP contribution is 2.20. The van der Waals surface area contributed by atoms with Gasteiger partial charge in [0.25, 0.3) is 0 Å². The van der Waals surface area contributed by atoms with Gasteiger partial charge in [-0.25, -0.2) is 4.98 Å². The number of piperazine rings is 1. The summed E-state index contributed by atoms with van der Waals surface area (Å²) in [6.07, 6.45) is 3.26. The molecule has 102 valence electrons. The SMILES string of the molecule is CNc1cnc(CN2CC(=O)NC(=O)C2(C)C)cn1. The van der Waals surface area contributed by atoms with Crippen LogP contribution in [0.5, 0.6) is 0 Å². The van der Waals surface area contributed by atoms with E-state index in [9.17, 15) is 9.59 Å². The Bertz CT molecular complexity index is 497. The summed E-state index contributed by atoms with van der Waals surface area (Å²) in [4.78, 5) is 33.5. The van der Waals surface area contributed by atoms with Crippen LogP contribution in [-0.2, 0) is 16.1 Å².